The average Bonchev–Trinajstić information content (AvgIpc) is 3.15. The van der Waals surface area contributed by atoms with Crippen LogP contribution in [-0.4, -0.2) is 27.6 Å². The summed E-state index contributed by atoms with van der Waals surface area (Å²) in [6.45, 7) is 7.69. The Morgan fingerprint density at radius 3 is 2.63 bits per heavy atom. The lowest BCUT2D eigenvalue weighted by Crippen LogP contribution is -2.33. The molecular formula is C24H28O6. The van der Waals surface area contributed by atoms with Crippen LogP contribution < -0.4 is 0 Å². The SMILES string of the molecule is C/C(=C\CC[C@@]1(C)OC(=O)[C@H](C(=O)c2ccc(O)cc2O)[C@H]1C)Cc1cc(C)co1. The predicted molar refractivity (Wildman–Crippen MR) is 111 cm³/mol. The van der Waals surface area contributed by atoms with E-state index in [-0.39, 0.29) is 23.0 Å². The van der Waals surface area contributed by atoms with Gasteiger partial charge in [0, 0.05) is 18.4 Å². The van der Waals surface area contributed by atoms with Crippen LogP contribution in [0.25, 0.3) is 0 Å². The molecule has 0 saturated carbocycles. The van der Waals surface area contributed by atoms with E-state index in [0.717, 1.165) is 29.4 Å². The number of carbonyl (C=O) groups excluding carboxylic acids is 2. The summed E-state index contributed by atoms with van der Waals surface area (Å²) in [7, 11) is 0. The number of ketones is 1. The maximum atomic E-state index is 12.9. The fraction of sp³-hybridized carbons (Fsp3) is 0.417. The van der Waals surface area contributed by atoms with E-state index in [2.05, 4.69) is 6.08 Å². The molecule has 0 spiro atoms. The summed E-state index contributed by atoms with van der Waals surface area (Å²) < 4.78 is 11.1. The highest BCUT2D eigenvalue weighted by Gasteiger charge is 2.53. The standard InChI is InChI=1S/C24H28O6/c1-14(10-18-11-15(2)13-29-18)6-5-9-24(4)16(3)21(23(28)30-24)22(27)19-8-7-17(25)12-20(19)26/h6-8,11-13,16,21,25-26H,5,9-10H2,1-4H3/b14-6+/t16-,21+,24-/m1/s1. The van der Waals surface area contributed by atoms with Crippen molar-refractivity contribution in [2.75, 3.05) is 0 Å². The number of aryl methyl sites for hydroxylation is 1. The van der Waals surface area contributed by atoms with Crippen LogP contribution in [0.15, 0.2) is 46.6 Å². The van der Waals surface area contributed by atoms with Crippen molar-refractivity contribution in [3.63, 3.8) is 0 Å². The molecule has 0 radical (unpaired) electrons. The Kier molecular flexibility index (Phi) is 6.06. The number of benzene rings is 1. The Morgan fingerprint density at radius 1 is 1.27 bits per heavy atom. The molecule has 1 fully saturated rings. The van der Waals surface area contributed by atoms with E-state index in [4.69, 9.17) is 9.15 Å². The first kappa shape index (κ1) is 21.7. The number of phenols is 2. The minimum Gasteiger partial charge on any atom is -0.508 e. The fourth-order valence-electron chi connectivity index (χ4n) is 3.99. The fourth-order valence-corrected chi connectivity index (χ4v) is 3.99. The van der Waals surface area contributed by atoms with Crippen molar-refractivity contribution in [1.29, 1.82) is 0 Å². The molecule has 0 bridgehead atoms. The van der Waals surface area contributed by atoms with Crippen molar-refractivity contribution < 1.29 is 29.0 Å². The molecule has 160 valence electrons. The zero-order chi connectivity index (χ0) is 22.1. The van der Waals surface area contributed by atoms with Crippen molar-refractivity contribution in [2.45, 2.75) is 52.6 Å². The highest BCUT2D eigenvalue weighted by atomic mass is 16.6. The van der Waals surface area contributed by atoms with Gasteiger partial charge in [0.1, 0.15) is 28.8 Å². The highest BCUT2D eigenvalue weighted by molar-refractivity contribution is 6.11. The van der Waals surface area contributed by atoms with Gasteiger partial charge in [-0.2, -0.15) is 0 Å². The third-order valence-corrected chi connectivity index (χ3v) is 5.95. The van der Waals surface area contributed by atoms with Crippen molar-refractivity contribution in [1.82, 2.24) is 0 Å². The van der Waals surface area contributed by atoms with Gasteiger partial charge in [-0.3, -0.25) is 9.59 Å². The molecule has 3 atom stereocenters. The third-order valence-electron chi connectivity index (χ3n) is 5.95. The van der Waals surface area contributed by atoms with Gasteiger partial charge in [0.15, 0.2) is 5.78 Å². The van der Waals surface area contributed by atoms with Gasteiger partial charge in [0.2, 0.25) is 0 Å². The van der Waals surface area contributed by atoms with Crippen molar-refractivity contribution in [2.24, 2.45) is 11.8 Å². The van der Waals surface area contributed by atoms with Crippen LogP contribution in [0.2, 0.25) is 0 Å². The number of cyclic esters (lactones) is 1. The summed E-state index contributed by atoms with van der Waals surface area (Å²) in [6.07, 6.45) is 5.84. The maximum absolute atomic E-state index is 12.9. The summed E-state index contributed by atoms with van der Waals surface area (Å²) in [6, 6.07) is 5.73. The number of Topliss-reactive ketones (excluding diaryl/α,β-unsaturated/α-hetero) is 1. The lowest BCUT2D eigenvalue weighted by Gasteiger charge is -2.27. The maximum Gasteiger partial charge on any atom is 0.317 e. The molecule has 1 aromatic carbocycles. The number of aromatic hydroxyl groups is 2. The number of allylic oxidation sites excluding steroid dienone is 2. The first-order chi connectivity index (χ1) is 14.1. The minimum atomic E-state index is -0.985. The van der Waals surface area contributed by atoms with E-state index in [9.17, 15) is 19.8 Å². The van der Waals surface area contributed by atoms with Gasteiger partial charge in [-0.1, -0.05) is 18.6 Å². The molecule has 0 unspecified atom stereocenters. The second-order valence-corrected chi connectivity index (χ2v) is 8.42. The zero-order valence-electron chi connectivity index (χ0n) is 17.8. The van der Waals surface area contributed by atoms with Crippen LogP contribution in [0.5, 0.6) is 11.5 Å². The summed E-state index contributed by atoms with van der Waals surface area (Å²) in [5.41, 5.74) is 1.48. The monoisotopic (exact) mass is 412 g/mol. The number of hydrogen-bond acceptors (Lipinski definition) is 6. The van der Waals surface area contributed by atoms with E-state index in [1.54, 1.807) is 6.26 Å². The van der Waals surface area contributed by atoms with Gasteiger partial charge in [0.05, 0.1) is 11.8 Å². The van der Waals surface area contributed by atoms with Gasteiger partial charge in [-0.25, -0.2) is 0 Å². The lowest BCUT2D eigenvalue weighted by atomic mass is 9.77. The average molecular weight is 412 g/mol. The largest absolute Gasteiger partial charge is 0.508 e. The predicted octanol–water partition coefficient (Wildman–Crippen LogP) is 4.72. The van der Waals surface area contributed by atoms with Crippen LogP contribution in [0.4, 0.5) is 0 Å². The second kappa shape index (κ2) is 8.38. The van der Waals surface area contributed by atoms with Gasteiger partial charge < -0.3 is 19.4 Å². The highest BCUT2D eigenvalue weighted by Crippen LogP contribution is 2.42. The van der Waals surface area contributed by atoms with Crippen molar-refractivity contribution in [3.8, 4) is 11.5 Å². The van der Waals surface area contributed by atoms with E-state index < -0.39 is 23.3 Å². The molecule has 30 heavy (non-hydrogen) atoms. The topological polar surface area (TPSA) is 97.0 Å². The number of ether oxygens (including phenoxy) is 1. The van der Waals surface area contributed by atoms with Crippen LogP contribution >= 0.6 is 0 Å². The van der Waals surface area contributed by atoms with Gasteiger partial charge in [-0.15, -0.1) is 0 Å². The molecule has 0 aliphatic carbocycles. The van der Waals surface area contributed by atoms with Gasteiger partial charge in [0.25, 0.3) is 0 Å². The Bertz CT molecular complexity index is 985. The summed E-state index contributed by atoms with van der Waals surface area (Å²) >= 11 is 0. The Labute approximate surface area is 176 Å². The molecule has 2 aromatic rings. The molecule has 3 rings (SSSR count). The molecule has 1 aromatic heterocycles. The summed E-state index contributed by atoms with van der Waals surface area (Å²) in [4.78, 5) is 25.4. The molecule has 1 aliphatic rings. The number of hydrogen-bond donors (Lipinski definition) is 2. The Balaban J connectivity index is 1.67. The van der Waals surface area contributed by atoms with Crippen LogP contribution in [0, 0.1) is 18.8 Å². The zero-order valence-corrected chi connectivity index (χ0v) is 17.8. The van der Waals surface area contributed by atoms with Gasteiger partial charge in [-0.05, 0) is 57.4 Å². The Morgan fingerprint density at radius 2 is 2.00 bits per heavy atom. The quantitative estimate of drug-likeness (QED) is 0.296. The molecule has 2 heterocycles. The molecule has 2 N–H and O–H groups in total. The molecule has 0 amide bonds. The van der Waals surface area contributed by atoms with Gasteiger partial charge >= 0.3 is 5.97 Å². The van der Waals surface area contributed by atoms with Crippen molar-refractivity contribution in [3.05, 3.63) is 59.1 Å². The molecule has 6 heteroatoms. The van der Waals surface area contributed by atoms with E-state index in [0.29, 0.717) is 12.8 Å². The molecule has 1 aliphatic heterocycles. The number of furan rings is 1. The first-order valence-corrected chi connectivity index (χ1v) is 10.1. The second-order valence-electron chi connectivity index (χ2n) is 8.42. The number of esters is 1. The van der Waals surface area contributed by atoms with E-state index >= 15 is 0 Å². The number of phenolic OH excluding ortho intramolecular Hbond substituents is 2. The molecular weight excluding hydrogens is 384 g/mol. The summed E-state index contributed by atoms with van der Waals surface area (Å²) in [5.74, 6) is -1.99. The van der Waals surface area contributed by atoms with E-state index in [1.165, 1.54) is 12.1 Å². The molecule has 6 nitrogen and oxygen atoms in total. The third kappa shape index (κ3) is 4.42. The van der Waals surface area contributed by atoms with Crippen LogP contribution in [0.1, 0.15) is 55.3 Å². The number of rotatable bonds is 7. The smallest absolute Gasteiger partial charge is 0.317 e. The number of carbonyl (C=O) groups is 2. The minimum absolute atomic E-state index is 0.00957. The normalized spacial score (nSPS) is 24.1. The van der Waals surface area contributed by atoms with Crippen LogP contribution in [-0.2, 0) is 16.0 Å². The first-order valence-electron chi connectivity index (χ1n) is 10.1. The summed E-state index contributed by atoms with van der Waals surface area (Å²) in [5, 5.41) is 19.4. The van der Waals surface area contributed by atoms with Crippen LogP contribution in [0.3, 0.4) is 0 Å². The Hall–Kier alpha value is -3.02. The van der Waals surface area contributed by atoms with Crippen molar-refractivity contribution >= 4 is 11.8 Å². The lowest BCUT2D eigenvalue weighted by molar-refractivity contribution is -0.149. The molecule has 1 saturated heterocycles. The van der Waals surface area contributed by atoms with E-state index in [1.807, 2.05) is 33.8 Å².